The summed E-state index contributed by atoms with van der Waals surface area (Å²) in [6.07, 6.45) is 5.00. The Hall–Kier alpha value is -3.34. The quantitative estimate of drug-likeness (QED) is 0.240. The van der Waals surface area contributed by atoms with Crippen LogP contribution in [0.15, 0.2) is 103 Å². The van der Waals surface area contributed by atoms with E-state index >= 15 is 0 Å². The first-order valence-electron chi connectivity index (χ1n) is 13.3. The van der Waals surface area contributed by atoms with E-state index in [1.165, 1.54) is 64.4 Å². The maximum absolute atomic E-state index is 2.55. The molecule has 2 aliphatic carbocycles. The highest BCUT2D eigenvalue weighted by molar-refractivity contribution is 7.63. The van der Waals surface area contributed by atoms with E-state index in [-0.39, 0.29) is 5.41 Å². The molecule has 36 heavy (non-hydrogen) atoms. The van der Waals surface area contributed by atoms with Gasteiger partial charge in [0.05, 0.1) is 0 Å². The smallest absolute Gasteiger partial charge is 0.0159 e. The van der Waals surface area contributed by atoms with E-state index in [9.17, 15) is 0 Å². The molecule has 5 aromatic rings. The van der Waals surface area contributed by atoms with Crippen molar-refractivity contribution in [2.75, 3.05) is 0 Å². The molecular formula is C35H31P. The van der Waals surface area contributed by atoms with E-state index in [0.29, 0.717) is 0 Å². The summed E-state index contributed by atoms with van der Waals surface area (Å²) < 4.78 is 0. The molecule has 1 atom stereocenters. The predicted molar refractivity (Wildman–Crippen MR) is 156 cm³/mol. The van der Waals surface area contributed by atoms with Crippen molar-refractivity contribution in [3.8, 4) is 38.1 Å². The Morgan fingerprint density at radius 1 is 0.556 bits per heavy atom. The zero-order valence-corrected chi connectivity index (χ0v) is 22.0. The topological polar surface area (TPSA) is 0 Å². The van der Waals surface area contributed by atoms with Crippen LogP contribution in [0.3, 0.4) is 0 Å². The molecule has 0 spiro atoms. The van der Waals surface area contributed by atoms with Crippen LogP contribution < -0.4 is 0 Å². The minimum atomic E-state index is -0.607. The van der Waals surface area contributed by atoms with Crippen LogP contribution in [-0.2, 0) is 18.3 Å². The van der Waals surface area contributed by atoms with Gasteiger partial charge in [0.25, 0.3) is 0 Å². The Morgan fingerprint density at radius 3 is 1.86 bits per heavy atom. The van der Waals surface area contributed by atoms with Crippen LogP contribution in [0.4, 0.5) is 0 Å². The molecule has 0 aliphatic heterocycles. The van der Waals surface area contributed by atoms with Gasteiger partial charge in [0.1, 0.15) is 0 Å². The second-order valence-electron chi connectivity index (χ2n) is 10.8. The average Bonchev–Trinajstić information content (AvgIpc) is 3.39. The molecule has 4 aromatic carbocycles. The van der Waals surface area contributed by atoms with Crippen molar-refractivity contribution >= 4 is 7.53 Å². The monoisotopic (exact) mass is 482 g/mol. The number of benzene rings is 4. The Morgan fingerprint density at radius 2 is 1.14 bits per heavy atom. The van der Waals surface area contributed by atoms with Gasteiger partial charge in [0.2, 0.25) is 0 Å². The lowest BCUT2D eigenvalue weighted by atomic mass is 9.81. The maximum Gasteiger partial charge on any atom is 0.0159 e. The molecule has 2 aliphatic rings. The van der Waals surface area contributed by atoms with Gasteiger partial charge in [-0.25, -0.2) is 0 Å². The highest BCUT2D eigenvalue weighted by atomic mass is 31.1. The summed E-state index contributed by atoms with van der Waals surface area (Å²) in [5.74, 6) is 0. The fourth-order valence-corrected chi connectivity index (χ4v) is 9.75. The average molecular weight is 483 g/mol. The van der Waals surface area contributed by atoms with Crippen molar-refractivity contribution < 1.29 is 0 Å². The second-order valence-corrected chi connectivity index (χ2v) is 12.9. The summed E-state index contributed by atoms with van der Waals surface area (Å²) in [6, 6.07) is 38.9. The van der Waals surface area contributed by atoms with E-state index < -0.39 is 7.53 Å². The minimum absolute atomic E-state index is 0.0202. The molecule has 0 radical (unpaired) electrons. The van der Waals surface area contributed by atoms with Crippen LogP contribution in [0.5, 0.6) is 0 Å². The van der Waals surface area contributed by atoms with Crippen LogP contribution in [0, 0.1) is 0 Å². The Kier molecular flexibility index (Phi) is 5.09. The Bertz CT molecular complexity index is 1590. The van der Waals surface area contributed by atoms with Gasteiger partial charge in [-0.2, -0.15) is 0 Å². The molecule has 1 heterocycles. The normalized spacial score (nSPS) is 15.8. The molecule has 0 saturated heterocycles. The molecule has 0 bridgehead atoms. The van der Waals surface area contributed by atoms with Crippen LogP contribution in [-0.4, -0.2) is 0 Å². The molecule has 0 amide bonds. The van der Waals surface area contributed by atoms with Crippen molar-refractivity contribution in [3.05, 3.63) is 125 Å². The van der Waals surface area contributed by atoms with Gasteiger partial charge in [0.15, 0.2) is 0 Å². The van der Waals surface area contributed by atoms with Crippen LogP contribution in [0.25, 0.3) is 38.1 Å². The minimum Gasteiger partial charge on any atom is -0.0767 e. The summed E-state index contributed by atoms with van der Waals surface area (Å²) in [7, 11) is -0.607. The molecule has 1 aromatic heterocycles. The first-order chi connectivity index (χ1) is 17.6. The highest BCUT2D eigenvalue weighted by Gasteiger charge is 2.36. The summed E-state index contributed by atoms with van der Waals surface area (Å²) >= 11 is 0. The predicted octanol–water partition coefficient (Wildman–Crippen LogP) is 10.2. The van der Waals surface area contributed by atoms with Crippen LogP contribution >= 0.6 is 7.53 Å². The third-order valence-electron chi connectivity index (χ3n) is 8.41. The fourth-order valence-electron chi connectivity index (χ4n) is 6.70. The van der Waals surface area contributed by atoms with Crippen LogP contribution in [0.2, 0.25) is 0 Å². The van der Waals surface area contributed by atoms with E-state index in [2.05, 4.69) is 117 Å². The van der Waals surface area contributed by atoms with Gasteiger partial charge in [0, 0.05) is 16.0 Å². The number of fused-ring (bicyclic) bond motifs is 4. The first kappa shape index (κ1) is 21.9. The summed E-state index contributed by atoms with van der Waals surface area (Å²) in [5, 5.41) is 4.68. The van der Waals surface area contributed by atoms with E-state index in [1.807, 2.05) is 0 Å². The van der Waals surface area contributed by atoms with Crippen molar-refractivity contribution in [1.29, 1.82) is 0 Å². The molecule has 0 saturated carbocycles. The zero-order chi connectivity index (χ0) is 24.3. The number of hydrogen-bond acceptors (Lipinski definition) is 0. The van der Waals surface area contributed by atoms with E-state index in [4.69, 9.17) is 0 Å². The third-order valence-corrected chi connectivity index (χ3v) is 11.2. The maximum atomic E-state index is 2.55. The van der Waals surface area contributed by atoms with Gasteiger partial charge in [-0.05, 0) is 81.6 Å². The van der Waals surface area contributed by atoms with Gasteiger partial charge in [-0.1, -0.05) is 118 Å². The third kappa shape index (κ3) is 3.21. The lowest BCUT2D eigenvalue weighted by Gasteiger charge is -2.22. The number of rotatable bonds is 3. The first-order valence-corrected chi connectivity index (χ1v) is 14.6. The van der Waals surface area contributed by atoms with Crippen molar-refractivity contribution in [2.24, 2.45) is 0 Å². The van der Waals surface area contributed by atoms with Crippen molar-refractivity contribution in [2.45, 2.75) is 44.9 Å². The molecule has 176 valence electrons. The van der Waals surface area contributed by atoms with Crippen molar-refractivity contribution in [1.82, 2.24) is 0 Å². The van der Waals surface area contributed by atoms with E-state index in [0.717, 1.165) is 0 Å². The largest absolute Gasteiger partial charge is 0.0767 e. The number of hydrogen-bond donors (Lipinski definition) is 0. The van der Waals surface area contributed by atoms with Crippen LogP contribution in [0.1, 0.15) is 48.9 Å². The SMILES string of the molecule is CC1(C)c2ccccc2-c2ccc(-c3c4c(c(-c5ccccc5)p3-c3ccccc3)CCCC4)cc21. The van der Waals surface area contributed by atoms with Gasteiger partial charge in [-0.15, -0.1) is 0 Å². The molecule has 0 nitrogen and oxygen atoms in total. The zero-order valence-electron chi connectivity index (χ0n) is 21.1. The Labute approximate surface area is 215 Å². The fraction of sp³-hybridized carbons (Fsp3) is 0.200. The molecule has 0 N–H and O–H groups in total. The molecule has 1 unspecified atom stereocenters. The molecule has 7 rings (SSSR count). The molecule has 0 fully saturated rings. The lowest BCUT2D eigenvalue weighted by molar-refractivity contribution is 0.660. The standard InChI is InChI=1S/C35H31P/c1-35(2)31-20-12-11-17-27(31)28-22-21-25(23-32(28)35)34-30-19-10-9-18-29(30)33(24-13-5-3-6-14-24)36(34)26-15-7-4-8-16-26/h3-8,11-17,20-23H,9-10,18-19H2,1-2H3. The lowest BCUT2D eigenvalue weighted by Crippen LogP contribution is -2.14. The molecule has 1 heteroatoms. The summed E-state index contributed by atoms with van der Waals surface area (Å²) in [6.45, 7) is 4.79. The summed E-state index contributed by atoms with van der Waals surface area (Å²) in [5.41, 5.74) is 11.9. The second kappa shape index (κ2) is 8.36. The van der Waals surface area contributed by atoms with Gasteiger partial charge >= 0.3 is 0 Å². The summed E-state index contributed by atoms with van der Waals surface area (Å²) in [4.78, 5) is 0. The van der Waals surface area contributed by atoms with Gasteiger partial charge < -0.3 is 0 Å². The molecular weight excluding hydrogens is 451 g/mol. The van der Waals surface area contributed by atoms with Crippen molar-refractivity contribution in [3.63, 3.8) is 0 Å². The Balaban J connectivity index is 1.54. The van der Waals surface area contributed by atoms with E-state index in [1.54, 1.807) is 21.7 Å². The highest BCUT2D eigenvalue weighted by Crippen LogP contribution is 2.62. The van der Waals surface area contributed by atoms with Gasteiger partial charge in [-0.3, -0.25) is 0 Å².